The molecule has 0 saturated carbocycles. The molecule has 0 saturated heterocycles. The number of hydrogen-bond acceptors (Lipinski definition) is 0. The minimum atomic E-state index is -1.54. The van der Waals surface area contributed by atoms with Crippen LogP contribution in [0.25, 0.3) is 11.1 Å². The van der Waals surface area contributed by atoms with Crippen molar-refractivity contribution in [1.82, 2.24) is 0 Å². The van der Waals surface area contributed by atoms with Crippen molar-refractivity contribution < 1.29 is 8.78 Å². The summed E-state index contributed by atoms with van der Waals surface area (Å²) in [5.74, 6) is -0.309. The lowest BCUT2D eigenvalue weighted by Gasteiger charge is -2.27. The van der Waals surface area contributed by atoms with Gasteiger partial charge in [-0.2, -0.15) is 0 Å². The minimum Gasteiger partial charge on any atom is -0.234 e. The van der Waals surface area contributed by atoms with Crippen LogP contribution < -0.4 is 0 Å². The van der Waals surface area contributed by atoms with Crippen molar-refractivity contribution in [3.05, 3.63) is 83.7 Å². The number of hydrogen-bond donors (Lipinski definition) is 0. The predicted octanol–water partition coefficient (Wildman–Crippen LogP) is 6.34. The summed E-state index contributed by atoms with van der Waals surface area (Å²) in [5.41, 5.74) is 1.54. The van der Waals surface area contributed by atoms with Crippen molar-refractivity contribution in [3.8, 4) is 11.1 Å². The molecule has 118 valence electrons. The zero-order valence-electron chi connectivity index (χ0n) is 13.2. The molecule has 0 radical (unpaired) electrons. The summed E-state index contributed by atoms with van der Waals surface area (Å²) in [6, 6.07) is 13.7. The van der Waals surface area contributed by atoms with Crippen molar-refractivity contribution in [2.24, 2.45) is 0 Å². The Balaban J connectivity index is 2.09. The number of halogens is 2. The number of rotatable bonds is 4. The molecule has 0 fully saturated rings. The fourth-order valence-electron chi connectivity index (χ4n) is 3.17. The second kappa shape index (κ2) is 6.49. The van der Waals surface area contributed by atoms with Crippen LogP contribution in [0.4, 0.5) is 8.78 Å². The summed E-state index contributed by atoms with van der Waals surface area (Å²) in [6.07, 6.45) is 7.79. The maximum absolute atomic E-state index is 15.7. The van der Waals surface area contributed by atoms with E-state index < -0.39 is 5.67 Å². The molecule has 3 rings (SSSR count). The van der Waals surface area contributed by atoms with Crippen LogP contribution in [-0.2, 0) is 5.67 Å². The highest BCUT2D eigenvalue weighted by Gasteiger charge is 2.32. The quantitative estimate of drug-likeness (QED) is 0.617. The van der Waals surface area contributed by atoms with Gasteiger partial charge in [-0.25, -0.2) is 8.78 Å². The highest BCUT2D eigenvalue weighted by molar-refractivity contribution is 5.69. The molecule has 1 atom stereocenters. The Morgan fingerprint density at radius 3 is 2.70 bits per heavy atom. The monoisotopic (exact) mass is 310 g/mol. The first kappa shape index (κ1) is 15.7. The van der Waals surface area contributed by atoms with Crippen LogP contribution in [-0.4, -0.2) is 0 Å². The summed E-state index contributed by atoms with van der Waals surface area (Å²) >= 11 is 0. The summed E-state index contributed by atoms with van der Waals surface area (Å²) in [5, 5.41) is 0. The molecule has 0 aromatic heterocycles. The minimum absolute atomic E-state index is 0.309. The molecule has 0 bridgehead atoms. The van der Waals surface area contributed by atoms with Crippen LogP contribution in [0.2, 0.25) is 0 Å². The van der Waals surface area contributed by atoms with E-state index >= 15 is 4.39 Å². The van der Waals surface area contributed by atoms with E-state index in [1.54, 1.807) is 18.2 Å². The van der Waals surface area contributed by atoms with Gasteiger partial charge >= 0.3 is 0 Å². The van der Waals surface area contributed by atoms with Crippen LogP contribution in [0.1, 0.15) is 31.7 Å². The largest absolute Gasteiger partial charge is 0.234 e. The highest BCUT2D eigenvalue weighted by Crippen LogP contribution is 2.41. The Hall–Kier alpha value is -2.22. The molecule has 0 spiro atoms. The summed E-state index contributed by atoms with van der Waals surface area (Å²) < 4.78 is 29.3. The molecular formula is C21H20F2. The van der Waals surface area contributed by atoms with Crippen LogP contribution in [0.5, 0.6) is 0 Å². The van der Waals surface area contributed by atoms with Gasteiger partial charge in [-0.05, 0) is 41.3 Å². The molecule has 1 unspecified atom stereocenters. The Bertz CT molecular complexity index is 758. The van der Waals surface area contributed by atoms with Gasteiger partial charge in [0, 0.05) is 12.0 Å². The average Bonchev–Trinajstić information content (AvgIpc) is 2.55. The van der Waals surface area contributed by atoms with E-state index in [0.29, 0.717) is 17.5 Å². The predicted molar refractivity (Wildman–Crippen MR) is 91.4 cm³/mol. The second-order valence-corrected chi connectivity index (χ2v) is 5.99. The standard InChI is InChI=1S/C21H20F2/c1-2-7-16-8-6-13-21(23,15-16)20-12-4-3-11-19(20)17-9-5-10-18(22)14-17/h3-6,8-12,14-15H,2,7,13H2,1H3. The van der Waals surface area contributed by atoms with Crippen molar-refractivity contribution in [2.75, 3.05) is 0 Å². The summed E-state index contributed by atoms with van der Waals surface area (Å²) in [6.45, 7) is 2.09. The molecule has 2 heteroatoms. The maximum Gasteiger partial charge on any atom is 0.158 e. The molecule has 1 aliphatic rings. The van der Waals surface area contributed by atoms with Gasteiger partial charge in [-0.1, -0.05) is 61.9 Å². The lowest BCUT2D eigenvalue weighted by atomic mass is 9.82. The molecule has 2 aromatic carbocycles. The summed E-state index contributed by atoms with van der Waals surface area (Å²) in [4.78, 5) is 0. The lowest BCUT2D eigenvalue weighted by Crippen LogP contribution is -2.20. The van der Waals surface area contributed by atoms with Gasteiger partial charge in [0.05, 0.1) is 0 Å². The fraction of sp³-hybridized carbons (Fsp3) is 0.238. The van der Waals surface area contributed by atoms with Gasteiger partial charge in [0.15, 0.2) is 5.67 Å². The maximum atomic E-state index is 15.7. The van der Waals surface area contributed by atoms with Crippen LogP contribution in [0.3, 0.4) is 0 Å². The van der Waals surface area contributed by atoms with E-state index in [1.807, 2.05) is 36.4 Å². The van der Waals surface area contributed by atoms with E-state index in [2.05, 4.69) is 6.92 Å². The van der Waals surface area contributed by atoms with E-state index in [4.69, 9.17) is 0 Å². The third-order valence-electron chi connectivity index (χ3n) is 4.21. The topological polar surface area (TPSA) is 0 Å². The molecule has 0 amide bonds. The zero-order valence-corrected chi connectivity index (χ0v) is 13.2. The smallest absolute Gasteiger partial charge is 0.158 e. The number of allylic oxidation sites excluding steroid dienone is 4. The Labute approximate surface area is 136 Å². The van der Waals surface area contributed by atoms with Gasteiger partial charge in [-0.3, -0.25) is 0 Å². The molecule has 0 heterocycles. The van der Waals surface area contributed by atoms with E-state index in [-0.39, 0.29) is 5.82 Å². The first-order valence-corrected chi connectivity index (χ1v) is 8.05. The fourth-order valence-corrected chi connectivity index (χ4v) is 3.17. The first-order valence-electron chi connectivity index (χ1n) is 8.05. The SMILES string of the molecule is CCCC1=CC(F)(c2ccccc2-c2cccc(F)c2)CC=C1. The molecule has 0 aliphatic heterocycles. The molecule has 1 aliphatic carbocycles. The van der Waals surface area contributed by atoms with Crippen LogP contribution >= 0.6 is 0 Å². The first-order chi connectivity index (χ1) is 11.1. The van der Waals surface area contributed by atoms with Gasteiger partial charge in [0.25, 0.3) is 0 Å². The van der Waals surface area contributed by atoms with Crippen LogP contribution in [0, 0.1) is 5.82 Å². The third-order valence-corrected chi connectivity index (χ3v) is 4.21. The number of benzene rings is 2. The van der Waals surface area contributed by atoms with Crippen molar-refractivity contribution >= 4 is 0 Å². The molecule has 23 heavy (non-hydrogen) atoms. The molecule has 0 N–H and O–H groups in total. The van der Waals surface area contributed by atoms with Gasteiger partial charge in [0.2, 0.25) is 0 Å². The lowest BCUT2D eigenvalue weighted by molar-refractivity contribution is 0.234. The second-order valence-electron chi connectivity index (χ2n) is 5.99. The Kier molecular flexibility index (Phi) is 4.42. The van der Waals surface area contributed by atoms with Gasteiger partial charge < -0.3 is 0 Å². The Morgan fingerprint density at radius 2 is 1.91 bits per heavy atom. The van der Waals surface area contributed by atoms with Crippen molar-refractivity contribution in [1.29, 1.82) is 0 Å². The molecular weight excluding hydrogens is 290 g/mol. The van der Waals surface area contributed by atoms with Crippen LogP contribution in [0.15, 0.2) is 72.3 Å². The third kappa shape index (κ3) is 3.26. The van der Waals surface area contributed by atoms with E-state index in [1.165, 1.54) is 12.1 Å². The van der Waals surface area contributed by atoms with Crippen molar-refractivity contribution in [2.45, 2.75) is 31.9 Å². The molecule has 0 nitrogen and oxygen atoms in total. The van der Waals surface area contributed by atoms with Crippen molar-refractivity contribution in [3.63, 3.8) is 0 Å². The zero-order chi connectivity index (χ0) is 16.3. The Morgan fingerprint density at radius 1 is 1.09 bits per heavy atom. The van der Waals surface area contributed by atoms with E-state index in [9.17, 15) is 4.39 Å². The molecule has 2 aromatic rings. The van der Waals surface area contributed by atoms with Gasteiger partial charge in [-0.15, -0.1) is 0 Å². The number of alkyl halides is 1. The van der Waals surface area contributed by atoms with Gasteiger partial charge in [0.1, 0.15) is 5.82 Å². The average molecular weight is 310 g/mol. The highest BCUT2D eigenvalue weighted by atomic mass is 19.1. The summed E-state index contributed by atoms with van der Waals surface area (Å²) in [7, 11) is 0. The normalized spacial score (nSPS) is 20.4. The van der Waals surface area contributed by atoms with E-state index in [0.717, 1.165) is 24.0 Å².